The maximum absolute atomic E-state index is 10.4. The summed E-state index contributed by atoms with van der Waals surface area (Å²) in [5.74, 6) is 5.54. The van der Waals surface area contributed by atoms with Gasteiger partial charge in [0.25, 0.3) is 0 Å². The Morgan fingerprint density at radius 2 is 2.67 bits per heavy atom. The minimum absolute atomic E-state index is 0.0663. The maximum Gasteiger partial charge on any atom is 0.217 e. The molecule has 4 heteroatoms. The van der Waals surface area contributed by atoms with E-state index in [1.54, 1.807) is 6.20 Å². The molecule has 12 heavy (non-hydrogen) atoms. The Morgan fingerprint density at radius 1 is 1.83 bits per heavy atom. The third-order valence-electron chi connectivity index (χ3n) is 1.05. The van der Waals surface area contributed by atoms with E-state index >= 15 is 0 Å². The summed E-state index contributed by atoms with van der Waals surface area (Å²) in [5, 5.41) is 5.21. The summed E-state index contributed by atoms with van der Waals surface area (Å²) in [6, 6.07) is 0. The van der Waals surface area contributed by atoms with Gasteiger partial charge in [-0.1, -0.05) is 5.92 Å². The van der Waals surface area contributed by atoms with Crippen LogP contribution in [0, 0.1) is 11.8 Å². The van der Waals surface area contributed by atoms with Gasteiger partial charge in [0.05, 0.1) is 6.54 Å². The summed E-state index contributed by atoms with van der Waals surface area (Å²) in [6.45, 7) is 1.85. The highest BCUT2D eigenvalue weighted by molar-refractivity contribution is 7.10. The highest BCUT2D eigenvalue weighted by atomic mass is 32.1. The van der Waals surface area contributed by atoms with E-state index in [-0.39, 0.29) is 5.91 Å². The molecule has 1 N–H and O–H groups in total. The lowest BCUT2D eigenvalue weighted by atomic mass is 10.5. The van der Waals surface area contributed by atoms with Crippen LogP contribution in [-0.4, -0.2) is 17.4 Å². The van der Waals surface area contributed by atoms with Gasteiger partial charge in [0, 0.05) is 18.5 Å². The maximum atomic E-state index is 10.4. The number of carbonyl (C=O) groups excluding carboxylic acids is 1. The topological polar surface area (TPSA) is 42.0 Å². The van der Waals surface area contributed by atoms with Crippen LogP contribution in [0.1, 0.15) is 11.9 Å². The Hall–Kier alpha value is -1.34. The van der Waals surface area contributed by atoms with E-state index in [9.17, 15) is 4.79 Å². The van der Waals surface area contributed by atoms with E-state index in [4.69, 9.17) is 0 Å². The van der Waals surface area contributed by atoms with Gasteiger partial charge in [-0.2, -0.15) is 0 Å². The van der Waals surface area contributed by atoms with Gasteiger partial charge in [-0.25, -0.2) is 4.98 Å². The monoisotopic (exact) mass is 180 g/mol. The van der Waals surface area contributed by atoms with Crippen molar-refractivity contribution in [2.75, 3.05) is 6.54 Å². The van der Waals surface area contributed by atoms with Crippen LogP contribution in [0.4, 0.5) is 0 Å². The fraction of sp³-hybridized carbons (Fsp3) is 0.250. The first-order valence-corrected chi connectivity index (χ1v) is 4.30. The number of hydrogen-bond acceptors (Lipinski definition) is 3. The zero-order valence-electron chi connectivity index (χ0n) is 6.63. The zero-order chi connectivity index (χ0) is 8.81. The first-order valence-electron chi connectivity index (χ1n) is 3.42. The fourth-order valence-corrected chi connectivity index (χ4v) is 1.08. The van der Waals surface area contributed by atoms with E-state index < -0.39 is 0 Å². The first-order chi connectivity index (χ1) is 5.79. The van der Waals surface area contributed by atoms with Gasteiger partial charge in [0.1, 0.15) is 0 Å². The van der Waals surface area contributed by atoms with E-state index in [0.29, 0.717) is 6.54 Å². The summed E-state index contributed by atoms with van der Waals surface area (Å²) in [6.07, 6.45) is 1.70. The van der Waals surface area contributed by atoms with Crippen molar-refractivity contribution in [1.29, 1.82) is 0 Å². The zero-order valence-corrected chi connectivity index (χ0v) is 7.44. The molecule has 0 atom stereocenters. The minimum Gasteiger partial charge on any atom is -0.345 e. The second-order valence-electron chi connectivity index (χ2n) is 2.05. The predicted molar refractivity (Wildman–Crippen MR) is 47.7 cm³/mol. The van der Waals surface area contributed by atoms with Gasteiger partial charge in [-0.3, -0.25) is 4.79 Å². The number of amides is 1. The van der Waals surface area contributed by atoms with Gasteiger partial charge in [0.2, 0.25) is 5.91 Å². The molecule has 1 aromatic rings. The molecule has 0 aliphatic carbocycles. The molecule has 3 nitrogen and oxygen atoms in total. The van der Waals surface area contributed by atoms with Crippen LogP contribution in [0.25, 0.3) is 0 Å². The SMILES string of the molecule is CC(=O)NCC#Cc1nccs1. The fourth-order valence-electron chi connectivity index (χ4n) is 0.574. The van der Waals surface area contributed by atoms with E-state index in [0.717, 1.165) is 5.01 Å². The molecule has 62 valence electrons. The molecule has 0 bridgehead atoms. The van der Waals surface area contributed by atoms with Crippen LogP contribution in [-0.2, 0) is 4.79 Å². The van der Waals surface area contributed by atoms with Gasteiger partial charge in [-0.05, 0) is 5.92 Å². The van der Waals surface area contributed by atoms with Crippen molar-refractivity contribution in [3.8, 4) is 11.8 Å². The number of rotatable bonds is 1. The van der Waals surface area contributed by atoms with Crippen LogP contribution >= 0.6 is 11.3 Å². The lowest BCUT2D eigenvalue weighted by molar-refractivity contribution is -0.118. The molecule has 1 heterocycles. The number of hydrogen-bond donors (Lipinski definition) is 1. The molecule has 0 aliphatic heterocycles. The van der Waals surface area contributed by atoms with E-state index in [2.05, 4.69) is 22.1 Å². The van der Waals surface area contributed by atoms with Gasteiger partial charge >= 0.3 is 0 Å². The highest BCUT2D eigenvalue weighted by Crippen LogP contribution is 1.99. The minimum atomic E-state index is -0.0663. The second-order valence-corrected chi connectivity index (χ2v) is 2.94. The van der Waals surface area contributed by atoms with Crippen molar-refractivity contribution in [3.05, 3.63) is 16.6 Å². The molecule has 0 aliphatic rings. The third-order valence-corrected chi connectivity index (χ3v) is 1.74. The van der Waals surface area contributed by atoms with Crippen molar-refractivity contribution < 1.29 is 4.79 Å². The highest BCUT2D eigenvalue weighted by Gasteiger charge is 1.86. The summed E-state index contributed by atoms with van der Waals surface area (Å²) < 4.78 is 0. The average Bonchev–Trinajstić information content (AvgIpc) is 2.49. The molecular weight excluding hydrogens is 172 g/mol. The Bertz CT molecular complexity index is 308. The van der Waals surface area contributed by atoms with E-state index in [1.807, 2.05) is 5.38 Å². The number of aromatic nitrogens is 1. The predicted octanol–water partition coefficient (Wildman–Crippen LogP) is 0.631. The molecule has 0 saturated heterocycles. The van der Waals surface area contributed by atoms with Crippen molar-refractivity contribution in [2.24, 2.45) is 0 Å². The first kappa shape index (κ1) is 8.75. The summed E-state index contributed by atoms with van der Waals surface area (Å²) in [5.41, 5.74) is 0. The summed E-state index contributed by atoms with van der Waals surface area (Å²) in [7, 11) is 0. The average molecular weight is 180 g/mol. The number of thiazole rings is 1. The Morgan fingerprint density at radius 3 is 3.25 bits per heavy atom. The second kappa shape index (κ2) is 4.52. The van der Waals surface area contributed by atoms with Crippen LogP contribution in [0.15, 0.2) is 11.6 Å². The molecule has 0 saturated carbocycles. The normalized spacial score (nSPS) is 8.42. The largest absolute Gasteiger partial charge is 0.345 e. The quantitative estimate of drug-likeness (QED) is 0.644. The van der Waals surface area contributed by atoms with Gasteiger partial charge in [0.15, 0.2) is 5.01 Å². The Kier molecular flexibility index (Phi) is 3.30. The lowest BCUT2D eigenvalue weighted by Crippen LogP contribution is -2.19. The van der Waals surface area contributed by atoms with Gasteiger partial charge < -0.3 is 5.32 Å². The molecule has 0 spiro atoms. The number of nitrogens with one attached hydrogen (secondary N) is 1. The molecule has 1 aromatic heterocycles. The summed E-state index contributed by atoms with van der Waals surface area (Å²) in [4.78, 5) is 14.4. The van der Waals surface area contributed by atoms with Crippen molar-refractivity contribution in [2.45, 2.75) is 6.92 Å². The number of carbonyl (C=O) groups is 1. The van der Waals surface area contributed by atoms with Crippen LogP contribution < -0.4 is 5.32 Å². The molecule has 1 rings (SSSR count). The van der Waals surface area contributed by atoms with Crippen LogP contribution in [0.2, 0.25) is 0 Å². The summed E-state index contributed by atoms with van der Waals surface area (Å²) >= 11 is 1.48. The standard InChI is InChI=1S/C8H8N2OS/c1-7(11)9-4-2-3-8-10-5-6-12-8/h5-6H,4H2,1H3,(H,9,11). The van der Waals surface area contributed by atoms with Crippen molar-refractivity contribution in [1.82, 2.24) is 10.3 Å². The van der Waals surface area contributed by atoms with Crippen LogP contribution in [0.5, 0.6) is 0 Å². The smallest absolute Gasteiger partial charge is 0.217 e. The molecular formula is C8H8N2OS. The van der Waals surface area contributed by atoms with E-state index in [1.165, 1.54) is 18.3 Å². The van der Waals surface area contributed by atoms with Crippen molar-refractivity contribution >= 4 is 17.2 Å². The van der Waals surface area contributed by atoms with Crippen molar-refractivity contribution in [3.63, 3.8) is 0 Å². The molecule has 1 amide bonds. The Labute approximate surface area is 74.8 Å². The molecule has 0 unspecified atom stereocenters. The van der Waals surface area contributed by atoms with Crippen LogP contribution in [0.3, 0.4) is 0 Å². The third kappa shape index (κ3) is 3.17. The molecule has 0 fully saturated rings. The molecule has 0 radical (unpaired) electrons. The van der Waals surface area contributed by atoms with Gasteiger partial charge in [-0.15, -0.1) is 11.3 Å². The molecule has 0 aromatic carbocycles. The number of nitrogens with zero attached hydrogens (tertiary/aromatic N) is 1. The lowest BCUT2D eigenvalue weighted by Gasteiger charge is -1.89. The Balaban J connectivity index is 2.35.